The Kier molecular flexibility index (Phi) is 4.70. The van der Waals surface area contributed by atoms with E-state index in [1.54, 1.807) is 4.68 Å². The summed E-state index contributed by atoms with van der Waals surface area (Å²) in [5, 5.41) is 7.78. The molecule has 0 aliphatic rings. The molecule has 1 N–H and O–H groups in total. The van der Waals surface area contributed by atoms with E-state index in [0.717, 1.165) is 23.4 Å². The summed E-state index contributed by atoms with van der Waals surface area (Å²) in [6.07, 6.45) is 0.851. The molecule has 0 unspecified atom stereocenters. The van der Waals surface area contributed by atoms with E-state index < -0.39 is 0 Å². The molecule has 0 fully saturated rings. The van der Waals surface area contributed by atoms with Crippen LogP contribution in [0.2, 0.25) is 0 Å². The van der Waals surface area contributed by atoms with Gasteiger partial charge in [-0.1, -0.05) is 55.5 Å². The second kappa shape index (κ2) is 6.93. The zero-order chi connectivity index (χ0) is 17.9. The molecule has 1 heterocycles. The highest BCUT2D eigenvalue weighted by Crippen LogP contribution is 2.22. The summed E-state index contributed by atoms with van der Waals surface area (Å²) in [5.74, 6) is -0.120. The number of carbonyl (C=O) groups is 1. The van der Waals surface area contributed by atoms with Gasteiger partial charge in [0.25, 0.3) is 5.91 Å². The molecule has 4 nitrogen and oxygen atoms in total. The number of benzene rings is 2. The van der Waals surface area contributed by atoms with Crippen LogP contribution in [0, 0.1) is 0 Å². The van der Waals surface area contributed by atoms with Gasteiger partial charge in [0, 0.05) is 11.1 Å². The van der Waals surface area contributed by atoms with E-state index in [1.165, 1.54) is 0 Å². The molecule has 0 saturated heterocycles. The van der Waals surface area contributed by atoms with Crippen LogP contribution in [0.25, 0.3) is 16.9 Å². The Balaban J connectivity index is 2.06. The number of amides is 1. The van der Waals surface area contributed by atoms with Crippen molar-refractivity contribution in [1.29, 1.82) is 0 Å². The molecule has 4 heteroatoms. The highest BCUT2D eigenvalue weighted by Gasteiger charge is 2.23. The van der Waals surface area contributed by atoms with Crippen LogP contribution in [0.15, 0.2) is 66.7 Å². The van der Waals surface area contributed by atoms with Gasteiger partial charge in [-0.05, 0) is 38.5 Å². The summed E-state index contributed by atoms with van der Waals surface area (Å²) in [6.45, 7) is 6.10. The summed E-state index contributed by atoms with van der Waals surface area (Å²) in [4.78, 5) is 12.9. The number of rotatable bonds is 5. The first-order valence-electron chi connectivity index (χ1n) is 8.53. The minimum atomic E-state index is -0.268. The Hall–Kier alpha value is -2.88. The molecule has 1 amide bonds. The molecule has 0 aliphatic carbocycles. The van der Waals surface area contributed by atoms with E-state index in [2.05, 4.69) is 17.3 Å². The molecule has 0 saturated carbocycles. The van der Waals surface area contributed by atoms with E-state index in [0.29, 0.717) is 5.69 Å². The van der Waals surface area contributed by atoms with Crippen molar-refractivity contribution in [3.8, 4) is 16.9 Å². The minimum Gasteiger partial charge on any atom is -0.346 e. The predicted molar refractivity (Wildman–Crippen MR) is 101 cm³/mol. The van der Waals surface area contributed by atoms with Gasteiger partial charge in [-0.25, -0.2) is 4.68 Å². The molecule has 0 spiro atoms. The lowest BCUT2D eigenvalue weighted by Gasteiger charge is -2.24. The second-order valence-corrected chi connectivity index (χ2v) is 6.72. The number of hydrogen-bond acceptors (Lipinski definition) is 2. The fourth-order valence-electron chi connectivity index (χ4n) is 2.52. The molecular weight excluding hydrogens is 310 g/mol. The van der Waals surface area contributed by atoms with E-state index in [-0.39, 0.29) is 11.4 Å². The van der Waals surface area contributed by atoms with Gasteiger partial charge < -0.3 is 5.32 Å². The average Bonchev–Trinajstić information content (AvgIpc) is 3.08. The lowest BCUT2D eigenvalue weighted by molar-refractivity contribution is 0.0903. The number of carbonyl (C=O) groups excluding carboxylic acids is 1. The Morgan fingerprint density at radius 2 is 1.64 bits per heavy atom. The highest BCUT2D eigenvalue weighted by atomic mass is 16.2. The topological polar surface area (TPSA) is 46.9 Å². The van der Waals surface area contributed by atoms with Crippen LogP contribution in [0.1, 0.15) is 37.7 Å². The summed E-state index contributed by atoms with van der Waals surface area (Å²) < 4.78 is 1.71. The predicted octanol–water partition coefficient (Wildman–Crippen LogP) is 4.46. The molecular formula is C21H23N3O. The minimum absolute atomic E-state index is 0.120. The molecule has 25 heavy (non-hydrogen) atoms. The van der Waals surface area contributed by atoms with Crippen molar-refractivity contribution in [3.63, 3.8) is 0 Å². The van der Waals surface area contributed by atoms with Crippen LogP contribution in [0.4, 0.5) is 0 Å². The van der Waals surface area contributed by atoms with Crippen molar-refractivity contribution in [1.82, 2.24) is 15.1 Å². The van der Waals surface area contributed by atoms with Crippen LogP contribution < -0.4 is 5.32 Å². The van der Waals surface area contributed by atoms with Crippen molar-refractivity contribution in [2.24, 2.45) is 0 Å². The molecule has 1 aromatic heterocycles. The first-order valence-corrected chi connectivity index (χ1v) is 8.53. The average molecular weight is 333 g/mol. The lowest BCUT2D eigenvalue weighted by Crippen LogP contribution is -2.43. The van der Waals surface area contributed by atoms with E-state index in [4.69, 9.17) is 0 Å². The van der Waals surface area contributed by atoms with Gasteiger partial charge in [0.15, 0.2) is 0 Å². The fourth-order valence-corrected chi connectivity index (χ4v) is 2.52. The van der Waals surface area contributed by atoms with Gasteiger partial charge in [-0.3, -0.25) is 4.79 Å². The van der Waals surface area contributed by atoms with Crippen molar-refractivity contribution >= 4 is 5.91 Å². The van der Waals surface area contributed by atoms with Crippen LogP contribution in [-0.4, -0.2) is 21.2 Å². The van der Waals surface area contributed by atoms with Crippen LogP contribution in [0.3, 0.4) is 0 Å². The first-order chi connectivity index (χ1) is 12.0. The van der Waals surface area contributed by atoms with E-state index in [1.807, 2.05) is 80.6 Å². The van der Waals surface area contributed by atoms with Crippen molar-refractivity contribution in [3.05, 3.63) is 72.4 Å². The van der Waals surface area contributed by atoms with E-state index >= 15 is 0 Å². The highest BCUT2D eigenvalue weighted by molar-refractivity contribution is 5.94. The zero-order valence-corrected chi connectivity index (χ0v) is 14.9. The van der Waals surface area contributed by atoms with Gasteiger partial charge >= 0.3 is 0 Å². The Bertz CT molecular complexity index is 851. The molecule has 2 aromatic carbocycles. The molecule has 0 atom stereocenters. The maximum atomic E-state index is 12.9. The summed E-state index contributed by atoms with van der Waals surface area (Å²) in [5.41, 5.74) is 2.90. The van der Waals surface area contributed by atoms with Crippen molar-refractivity contribution in [2.75, 3.05) is 0 Å². The normalized spacial score (nSPS) is 11.3. The van der Waals surface area contributed by atoms with Crippen LogP contribution in [-0.2, 0) is 0 Å². The Morgan fingerprint density at radius 3 is 2.24 bits per heavy atom. The van der Waals surface area contributed by atoms with Crippen molar-refractivity contribution in [2.45, 2.75) is 32.7 Å². The second-order valence-electron chi connectivity index (χ2n) is 6.72. The number of hydrogen-bond donors (Lipinski definition) is 1. The summed E-state index contributed by atoms with van der Waals surface area (Å²) in [7, 11) is 0. The summed E-state index contributed by atoms with van der Waals surface area (Å²) in [6, 6.07) is 21.5. The number of nitrogens with zero attached hydrogens (tertiary/aromatic N) is 2. The number of aromatic nitrogens is 2. The number of para-hydroxylation sites is 1. The molecule has 0 radical (unpaired) electrons. The summed E-state index contributed by atoms with van der Waals surface area (Å²) >= 11 is 0. The van der Waals surface area contributed by atoms with Gasteiger partial charge in [-0.2, -0.15) is 5.10 Å². The molecule has 0 bridgehead atoms. The maximum absolute atomic E-state index is 12.9. The first kappa shape index (κ1) is 17.0. The molecule has 128 valence electrons. The zero-order valence-electron chi connectivity index (χ0n) is 14.9. The monoisotopic (exact) mass is 333 g/mol. The number of nitrogens with one attached hydrogen (secondary N) is 1. The van der Waals surface area contributed by atoms with Gasteiger partial charge in [0.2, 0.25) is 0 Å². The third kappa shape index (κ3) is 3.79. The smallest absolute Gasteiger partial charge is 0.270 e. The van der Waals surface area contributed by atoms with Gasteiger partial charge in [-0.15, -0.1) is 0 Å². The molecule has 3 aromatic rings. The quantitative estimate of drug-likeness (QED) is 0.749. The molecule has 3 rings (SSSR count). The van der Waals surface area contributed by atoms with Crippen LogP contribution >= 0.6 is 0 Å². The Morgan fingerprint density at radius 1 is 1.04 bits per heavy atom. The molecule has 0 aliphatic heterocycles. The lowest BCUT2D eigenvalue weighted by atomic mass is 10.0. The maximum Gasteiger partial charge on any atom is 0.270 e. The standard InChI is InChI=1S/C21H23N3O/c1-4-21(2,3)22-20(25)19-15-18(16-11-7-5-8-12-16)23-24(19)17-13-9-6-10-14-17/h5-15H,4H2,1-3H3,(H,22,25). The van der Waals surface area contributed by atoms with Gasteiger partial charge in [0.1, 0.15) is 5.69 Å². The van der Waals surface area contributed by atoms with Crippen molar-refractivity contribution < 1.29 is 4.79 Å². The third-order valence-electron chi connectivity index (χ3n) is 4.35. The SMILES string of the molecule is CCC(C)(C)NC(=O)c1cc(-c2ccccc2)nn1-c1ccccc1. The largest absolute Gasteiger partial charge is 0.346 e. The Labute approximate surface area is 148 Å². The van der Waals surface area contributed by atoms with Gasteiger partial charge in [0.05, 0.1) is 11.4 Å². The third-order valence-corrected chi connectivity index (χ3v) is 4.35. The van der Waals surface area contributed by atoms with E-state index in [9.17, 15) is 4.79 Å². The fraction of sp³-hybridized carbons (Fsp3) is 0.238. The van der Waals surface area contributed by atoms with Crippen LogP contribution in [0.5, 0.6) is 0 Å².